The number of nitrogens with one attached hydrogen (secondary N) is 1. The first kappa shape index (κ1) is 18.1. The molecule has 5 heteroatoms. The van der Waals surface area contributed by atoms with Gasteiger partial charge in [0.25, 0.3) is 0 Å². The Balaban J connectivity index is 3.30. The van der Waals surface area contributed by atoms with Crippen molar-refractivity contribution in [1.29, 1.82) is 0 Å². The van der Waals surface area contributed by atoms with Crippen LogP contribution in [0.25, 0.3) is 0 Å². The molecule has 0 bridgehead atoms. The molecule has 0 saturated carbocycles. The number of hydrogen-bond donors (Lipinski definition) is 2. The molecule has 1 aromatic rings. The largest absolute Gasteiger partial charge is 0.326 e. The van der Waals surface area contributed by atoms with E-state index in [0.29, 0.717) is 17.9 Å². The summed E-state index contributed by atoms with van der Waals surface area (Å²) >= 11 is 0. The van der Waals surface area contributed by atoms with Gasteiger partial charge >= 0.3 is 0 Å². The zero-order chi connectivity index (χ0) is 16.1. The normalized spacial score (nSPS) is 12.6. The SMILES string of the molecule is CCc1ccc(CN)cc1S(=O)(=O)NC(CC)(CC)CC. The molecule has 0 amide bonds. The molecular formula is C16H28N2O2S. The Morgan fingerprint density at radius 1 is 1.10 bits per heavy atom. The van der Waals surface area contributed by atoms with Gasteiger partial charge in [0.2, 0.25) is 10.0 Å². The summed E-state index contributed by atoms with van der Waals surface area (Å²) in [7, 11) is -3.54. The van der Waals surface area contributed by atoms with Gasteiger partial charge in [-0.15, -0.1) is 0 Å². The Labute approximate surface area is 129 Å². The van der Waals surface area contributed by atoms with Crippen molar-refractivity contribution in [3.8, 4) is 0 Å². The highest BCUT2D eigenvalue weighted by Crippen LogP contribution is 2.25. The molecule has 0 spiro atoms. The summed E-state index contributed by atoms with van der Waals surface area (Å²) in [6, 6.07) is 5.46. The second-order valence-electron chi connectivity index (χ2n) is 5.45. The van der Waals surface area contributed by atoms with Gasteiger partial charge in [-0.2, -0.15) is 0 Å². The lowest BCUT2D eigenvalue weighted by molar-refractivity contribution is 0.341. The fourth-order valence-electron chi connectivity index (χ4n) is 2.57. The summed E-state index contributed by atoms with van der Waals surface area (Å²) in [4.78, 5) is 0.368. The molecule has 0 saturated heterocycles. The van der Waals surface area contributed by atoms with Crippen molar-refractivity contribution >= 4 is 10.0 Å². The second kappa shape index (κ2) is 7.38. The molecule has 0 heterocycles. The summed E-state index contributed by atoms with van der Waals surface area (Å²) in [5.74, 6) is 0. The second-order valence-corrected chi connectivity index (χ2v) is 7.10. The lowest BCUT2D eigenvalue weighted by Gasteiger charge is -2.31. The van der Waals surface area contributed by atoms with Gasteiger partial charge in [0.05, 0.1) is 4.90 Å². The number of rotatable bonds is 8. The minimum atomic E-state index is -3.54. The van der Waals surface area contributed by atoms with Crippen LogP contribution in [0.2, 0.25) is 0 Å². The highest BCUT2D eigenvalue weighted by molar-refractivity contribution is 7.89. The third kappa shape index (κ3) is 4.05. The summed E-state index contributed by atoms with van der Waals surface area (Å²) in [5.41, 5.74) is 6.94. The first-order valence-corrected chi connectivity index (χ1v) is 9.22. The molecule has 0 aliphatic rings. The van der Waals surface area contributed by atoms with Crippen LogP contribution in [0.15, 0.2) is 23.1 Å². The van der Waals surface area contributed by atoms with Crippen molar-refractivity contribution in [2.45, 2.75) is 70.4 Å². The van der Waals surface area contributed by atoms with Gasteiger partial charge in [-0.1, -0.05) is 39.8 Å². The van der Waals surface area contributed by atoms with Gasteiger partial charge in [-0.05, 0) is 42.9 Å². The van der Waals surface area contributed by atoms with Gasteiger partial charge < -0.3 is 5.73 Å². The van der Waals surface area contributed by atoms with Crippen LogP contribution < -0.4 is 10.5 Å². The predicted molar refractivity (Wildman–Crippen MR) is 87.6 cm³/mol. The van der Waals surface area contributed by atoms with E-state index in [1.807, 2.05) is 39.8 Å². The molecule has 0 radical (unpaired) electrons. The van der Waals surface area contributed by atoms with Crippen LogP contribution in [0.4, 0.5) is 0 Å². The molecule has 21 heavy (non-hydrogen) atoms. The van der Waals surface area contributed by atoms with E-state index in [9.17, 15) is 8.42 Å². The maximum atomic E-state index is 12.8. The Morgan fingerprint density at radius 3 is 2.10 bits per heavy atom. The number of benzene rings is 1. The monoisotopic (exact) mass is 312 g/mol. The molecule has 0 aliphatic carbocycles. The van der Waals surface area contributed by atoms with Gasteiger partial charge in [0.1, 0.15) is 0 Å². The van der Waals surface area contributed by atoms with E-state index >= 15 is 0 Å². The molecule has 3 N–H and O–H groups in total. The van der Waals surface area contributed by atoms with Crippen molar-refractivity contribution < 1.29 is 8.42 Å². The highest BCUT2D eigenvalue weighted by Gasteiger charge is 2.31. The van der Waals surface area contributed by atoms with Crippen molar-refractivity contribution in [2.75, 3.05) is 0 Å². The summed E-state index contributed by atoms with van der Waals surface area (Å²) in [5, 5.41) is 0. The molecule has 0 aromatic heterocycles. The molecular weight excluding hydrogens is 284 g/mol. The smallest absolute Gasteiger partial charge is 0.241 e. The molecule has 1 aromatic carbocycles. The number of sulfonamides is 1. The quantitative estimate of drug-likeness (QED) is 0.775. The van der Waals surface area contributed by atoms with Crippen LogP contribution in [0.3, 0.4) is 0 Å². The standard InChI is InChI=1S/C16H28N2O2S/c1-5-14-10-9-13(12-17)11-15(14)21(19,20)18-16(6-2,7-3)8-4/h9-11,18H,5-8,12,17H2,1-4H3. The van der Waals surface area contributed by atoms with E-state index in [1.54, 1.807) is 6.07 Å². The Hall–Kier alpha value is -0.910. The zero-order valence-corrected chi connectivity index (χ0v) is 14.4. The fourth-order valence-corrected chi connectivity index (χ4v) is 4.55. The van der Waals surface area contributed by atoms with Crippen LogP contribution >= 0.6 is 0 Å². The maximum Gasteiger partial charge on any atom is 0.241 e. The number of nitrogens with two attached hydrogens (primary N) is 1. The van der Waals surface area contributed by atoms with Gasteiger partial charge in [0.15, 0.2) is 0 Å². The highest BCUT2D eigenvalue weighted by atomic mass is 32.2. The van der Waals surface area contributed by atoms with Crippen LogP contribution in [0, 0.1) is 0 Å². The van der Waals surface area contributed by atoms with E-state index in [2.05, 4.69) is 4.72 Å². The molecule has 1 rings (SSSR count). The van der Waals surface area contributed by atoms with Crippen LogP contribution in [-0.4, -0.2) is 14.0 Å². The van der Waals surface area contributed by atoms with Crippen LogP contribution in [0.5, 0.6) is 0 Å². The molecule has 0 unspecified atom stereocenters. The molecule has 0 aliphatic heterocycles. The van der Waals surface area contributed by atoms with Crippen molar-refractivity contribution in [2.24, 2.45) is 5.73 Å². The lowest BCUT2D eigenvalue weighted by Crippen LogP contribution is -2.47. The Bertz CT molecular complexity index is 555. The topological polar surface area (TPSA) is 72.2 Å². The molecule has 4 nitrogen and oxygen atoms in total. The first-order valence-electron chi connectivity index (χ1n) is 7.73. The summed E-state index contributed by atoms with van der Waals surface area (Å²) < 4.78 is 28.6. The van der Waals surface area contributed by atoms with E-state index in [4.69, 9.17) is 5.73 Å². The molecule has 120 valence electrons. The van der Waals surface area contributed by atoms with Crippen LogP contribution in [0.1, 0.15) is 58.1 Å². The first-order chi connectivity index (χ1) is 9.87. The summed E-state index contributed by atoms with van der Waals surface area (Å²) in [6.45, 7) is 8.36. The minimum Gasteiger partial charge on any atom is -0.326 e. The van der Waals surface area contributed by atoms with Gasteiger partial charge in [0, 0.05) is 12.1 Å². The Morgan fingerprint density at radius 2 is 1.67 bits per heavy atom. The third-order valence-electron chi connectivity index (χ3n) is 4.42. The average Bonchev–Trinajstić information content (AvgIpc) is 2.52. The average molecular weight is 312 g/mol. The van der Waals surface area contributed by atoms with Gasteiger partial charge in [-0.3, -0.25) is 0 Å². The predicted octanol–water partition coefficient (Wildman–Crippen LogP) is 2.95. The van der Waals surface area contributed by atoms with Crippen molar-refractivity contribution in [3.05, 3.63) is 29.3 Å². The fraction of sp³-hybridized carbons (Fsp3) is 0.625. The molecule has 0 fully saturated rings. The lowest BCUT2D eigenvalue weighted by atomic mass is 9.91. The van der Waals surface area contributed by atoms with Crippen molar-refractivity contribution in [3.63, 3.8) is 0 Å². The van der Waals surface area contributed by atoms with E-state index in [-0.39, 0.29) is 5.54 Å². The maximum absolute atomic E-state index is 12.8. The third-order valence-corrected chi connectivity index (χ3v) is 6.08. The minimum absolute atomic E-state index is 0.340. The van der Waals surface area contributed by atoms with Gasteiger partial charge in [-0.25, -0.2) is 13.1 Å². The van der Waals surface area contributed by atoms with E-state index in [1.165, 1.54) is 0 Å². The number of hydrogen-bond acceptors (Lipinski definition) is 3. The zero-order valence-electron chi connectivity index (χ0n) is 13.6. The van der Waals surface area contributed by atoms with Crippen LogP contribution in [-0.2, 0) is 23.0 Å². The number of aryl methyl sites for hydroxylation is 1. The Kier molecular flexibility index (Phi) is 6.38. The molecule has 0 atom stereocenters. The summed E-state index contributed by atoms with van der Waals surface area (Å²) in [6.07, 6.45) is 3.00. The van der Waals surface area contributed by atoms with E-state index in [0.717, 1.165) is 30.4 Å². The van der Waals surface area contributed by atoms with E-state index < -0.39 is 10.0 Å². The van der Waals surface area contributed by atoms with Crippen molar-refractivity contribution in [1.82, 2.24) is 4.72 Å².